The maximum absolute atomic E-state index is 12.3. The molecule has 0 N–H and O–H groups in total. The van der Waals surface area contributed by atoms with Gasteiger partial charge in [-0.2, -0.15) is 5.26 Å². The van der Waals surface area contributed by atoms with Crippen LogP contribution < -0.4 is 0 Å². The molecule has 0 aliphatic carbocycles. The zero-order valence-electron chi connectivity index (χ0n) is 14.1. The lowest BCUT2D eigenvalue weighted by Crippen LogP contribution is -2.22. The second-order valence-corrected chi connectivity index (χ2v) is 7.28. The number of esters is 1. The van der Waals surface area contributed by atoms with E-state index in [1.54, 1.807) is 6.92 Å². The Kier molecular flexibility index (Phi) is 4.83. The summed E-state index contributed by atoms with van der Waals surface area (Å²) in [5.41, 5.74) is 2.48. The van der Waals surface area contributed by atoms with Crippen LogP contribution in [0.1, 0.15) is 75.5 Å². The highest BCUT2D eigenvalue weighted by molar-refractivity contribution is 5.92. The standard InChI is InChI=1S/C18H25NO2/c1-8-21-16(20)13-10-14(17(2,3)4)12(11-19)9-15(13)18(5,6)7/h9-10H,8H2,1-7H3. The Morgan fingerprint density at radius 1 is 1.10 bits per heavy atom. The van der Waals surface area contributed by atoms with Crippen molar-refractivity contribution in [1.82, 2.24) is 0 Å². The molecule has 1 aromatic rings. The Morgan fingerprint density at radius 2 is 1.62 bits per heavy atom. The second-order valence-electron chi connectivity index (χ2n) is 7.28. The minimum atomic E-state index is -0.322. The monoisotopic (exact) mass is 287 g/mol. The van der Waals surface area contributed by atoms with Crippen molar-refractivity contribution in [1.29, 1.82) is 5.26 Å². The molecule has 0 spiro atoms. The zero-order valence-corrected chi connectivity index (χ0v) is 14.1. The first-order valence-corrected chi connectivity index (χ1v) is 7.28. The smallest absolute Gasteiger partial charge is 0.338 e. The van der Waals surface area contributed by atoms with Gasteiger partial charge in [-0.15, -0.1) is 0 Å². The Labute approximate surface area is 127 Å². The predicted octanol–water partition coefficient (Wildman–Crippen LogP) is 4.33. The molecule has 0 saturated heterocycles. The first-order valence-electron chi connectivity index (χ1n) is 7.28. The van der Waals surface area contributed by atoms with E-state index in [2.05, 4.69) is 6.07 Å². The van der Waals surface area contributed by atoms with E-state index in [1.165, 1.54) is 0 Å². The van der Waals surface area contributed by atoms with Crippen molar-refractivity contribution in [2.24, 2.45) is 0 Å². The maximum atomic E-state index is 12.3. The van der Waals surface area contributed by atoms with Gasteiger partial charge in [0.1, 0.15) is 0 Å². The summed E-state index contributed by atoms with van der Waals surface area (Å²) in [6, 6.07) is 5.93. The van der Waals surface area contributed by atoms with Crippen LogP contribution in [0.4, 0.5) is 0 Å². The number of benzene rings is 1. The number of hydrogen-bond donors (Lipinski definition) is 0. The van der Waals surface area contributed by atoms with Crippen molar-refractivity contribution in [2.75, 3.05) is 6.61 Å². The number of carbonyl (C=O) groups excluding carboxylic acids is 1. The summed E-state index contributed by atoms with van der Waals surface area (Å²) in [5.74, 6) is -0.322. The van der Waals surface area contributed by atoms with Crippen LogP contribution in [0.2, 0.25) is 0 Å². The van der Waals surface area contributed by atoms with Crippen LogP contribution in [0.25, 0.3) is 0 Å². The van der Waals surface area contributed by atoms with Gasteiger partial charge in [0, 0.05) is 0 Å². The Balaban J connectivity index is 3.67. The molecule has 0 aromatic heterocycles. The number of rotatable bonds is 2. The molecule has 0 radical (unpaired) electrons. The summed E-state index contributed by atoms with van der Waals surface area (Å²) in [7, 11) is 0. The molecule has 3 heteroatoms. The van der Waals surface area contributed by atoms with E-state index < -0.39 is 0 Å². The van der Waals surface area contributed by atoms with Gasteiger partial charge in [-0.05, 0) is 41.0 Å². The average Bonchev–Trinajstić information content (AvgIpc) is 2.35. The molecule has 0 bridgehead atoms. The van der Waals surface area contributed by atoms with Crippen LogP contribution in [0.3, 0.4) is 0 Å². The summed E-state index contributed by atoms with van der Waals surface area (Å²) in [5, 5.41) is 9.44. The molecule has 0 fully saturated rings. The van der Waals surface area contributed by atoms with Gasteiger partial charge < -0.3 is 4.74 Å². The molecule has 0 atom stereocenters. The van der Waals surface area contributed by atoms with E-state index in [-0.39, 0.29) is 16.8 Å². The molecule has 0 aliphatic heterocycles. The SMILES string of the molecule is CCOC(=O)c1cc(C(C)(C)C)c(C#N)cc1C(C)(C)C. The largest absolute Gasteiger partial charge is 0.462 e. The van der Waals surface area contributed by atoms with Crippen LogP contribution in [0.15, 0.2) is 12.1 Å². The third-order valence-corrected chi connectivity index (χ3v) is 3.39. The molecule has 114 valence electrons. The fourth-order valence-corrected chi connectivity index (χ4v) is 2.31. The number of nitriles is 1. The van der Waals surface area contributed by atoms with Crippen LogP contribution in [-0.4, -0.2) is 12.6 Å². The molecule has 3 nitrogen and oxygen atoms in total. The topological polar surface area (TPSA) is 50.1 Å². The highest BCUT2D eigenvalue weighted by atomic mass is 16.5. The average molecular weight is 287 g/mol. The maximum Gasteiger partial charge on any atom is 0.338 e. The van der Waals surface area contributed by atoms with Crippen molar-refractivity contribution in [3.63, 3.8) is 0 Å². The van der Waals surface area contributed by atoms with Crippen molar-refractivity contribution in [3.05, 3.63) is 34.4 Å². The van der Waals surface area contributed by atoms with Crippen LogP contribution in [-0.2, 0) is 15.6 Å². The fraction of sp³-hybridized carbons (Fsp3) is 0.556. The lowest BCUT2D eigenvalue weighted by atomic mass is 9.77. The minimum Gasteiger partial charge on any atom is -0.462 e. The van der Waals surface area contributed by atoms with Gasteiger partial charge in [-0.3, -0.25) is 0 Å². The van der Waals surface area contributed by atoms with Gasteiger partial charge in [0.25, 0.3) is 0 Å². The summed E-state index contributed by atoms with van der Waals surface area (Å²) >= 11 is 0. The highest BCUT2D eigenvalue weighted by Gasteiger charge is 2.28. The number of ether oxygens (including phenoxy) is 1. The van der Waals surface area contributed by atoms with Crippen molar-refractivity contribution in [3.8, 4) is 6.07 Å². The summed E-state index contributed by atoms with van der Waals surface area (Å²) in [4.78, 5) is 12.3. The van der Waals surface area contributed by atoms with Gasteiger partial charge >= 0.3 is 5.97 Å². The Bertz CT molecular complexity index is 581. The molecule has 0 unspecified atom stereocenters. The van der Waals surface area contributed by atoms with E-state index in [4.69, 9.17) is 4.74 Å². The van der Waals surface area contributed by atoms with Gasteiger partial charge in [-0.1, -0.05) is 41.5 Å². The highest BCUT2D eigenvalue weighted by Crippen LogP contribution is 2.33. The van der Waals surface area contributed by atoms with E-state index >= 15 is 0 Å². The number of carbonyl (C=O) groups is 1. The second kappa shape index (κ2) is 5.89. The molecule has 0 amide bonds. The Hall–Kier alpha value is -1.82. The lowest BCUT2D eigenvalue weighted by molar-refractivity contribution is 0.0523. The predicted molar refractivity (Wildman–Crippen MR) is 84.5 cm³/mol. The normalized spacial score (nSPS) is 11.9. The number of nitrogens with zero attached hydrogens (tertiary/aromatic N) is 1. The van der Waals surface area contributed by atoms with Gasteiger partial charge in [0.05, 0.1) is 23.8 Å². The first-order chi connectivity index (χ1) is 9.52. The van der Waals surface area contributed by atoms with Gasteiger partial charge in [-0.25, -0.2) is 4.79 Å². The van der Waals surface area contributed by atoms with Crippen molar-refractivity contribution >= 4 is 5.97 Å². The summed E-state index contributed by atoms with van der Waals surface area (Å²) < 4.78 is 5.18. The van der Waals surface area contributed by atoms with Crippen LogP contribution in [0, 0.1) is 11.3 Å². The molecule has 0 heterocycles. The summed E-state index contributed by atoms with van der Waals surface area (Å²) in [6.45, 7) is 14.3. The molecule has 0 aliphatic rings. The number of hydrogen-bond acceptors (Lipinski definition) is 3. The van der Waals surface area contributed by atoms with Crippen molar-refractivity contribution in [2.45, 2.75) is 59.3 Å². The molecule has 21 heavy (non-hydrogen) atoms. The van der Waals surface area contributed by atoms with Gasteiger partial charge in [0.2, 0.25) is 0 Å². The van der Waals surface area contributed by atoms with E-state index in [0.717, 1.165) is 11.1 Å². The van der Waals surface area contributed by atoms with Crippen molar-refractivity contribution < 1.29 is 9.53 Å². The first kappa shape index (κ1) is 17.2. The van der Waals surface area contributed by atoms with E-state index in [1.807, 2.05) is 53.7 Å². The quantitative estimate of drug-likeness (QED) is 0.761. The summed E-state index contributed by atoms with van der Waals surface area (Å²) in [6.07, 6.45) is 0. The third-order valence-electron chi connectivity index (χ3n) is 3.39. The molecule has 1 rings (SSSR count). The third kappa shape index (κ3) is 3.85. The molecule has 0 saturated carbocycles. The Morgan fingerprint density at radius 3 is 2.00 bits per heavy atom. The van der Waals surface area contributed by atoms with E-state index in [9.17, 15) is 10.1 Å². The fourth-order valence-electron chi connectivity index (χ4n) is 2.31. The van der Waals surface area contributed by atoms with Gasteiger partial charge in [0.15, 0.2) is 0 Å². The van der Waals surface area contributed by atoms with Crippen LogP contribution >= 0.6 is 0 Å². The molecule has 1 aromatic carbocycles. The lowest BCUT2D eigenvalue weighted by Gasteiger charge is -2.27. The minimum absolute atomic E-state index is 0.206. The van der Waals surface area contributed by atoms with E-state index in [0.29, 0.717) is 17.7 Å². The zero-order chi connectivity index (χ0) is 16.4. The molecular formula is C18H25NO2. The van der Waals surface area contributed by atoms with Crippen LogP contribution in [0.5, 0.6) is 0 Å². The molecular weight excluding hydrogens is 262 g/mol.